The Labute approximate surface area is 175 Å². The molecular formula is C20H33IN4O. The lowest BCUT2D eigenvalue weighted by molar-refractivity contribution is 0.0341. The Morgan fingerprint density at radius 3 is 2.62 bits per heavy atom. The number of guanidine groups is 1. The molecule has 0 aliphatic carbocycles. The fourth-order valence-corrected chi connectivity index (χ4v) is 3.77. The summed E-state index contributed by atoms with van der Waals surface area (Å²) >= 11 is 0. The third kappa shape index (κ3) is 6.09. The number of ether oxygens (including phenoxy) is 1. The van der Waals surface area contributed by atoms with E-state index in [1.807, 2.05) is 7.05 Å². The van der Waals surface area contributed by atoms with Gasteiger partial charge in [0.25, 0.3) is 0 Å². The van der Waals surface area contributed by atoms with Crippen LogP contribution in [0.2, 0.25) is 0 Å². The van der Waals surface area contributed by atoms with Crippen LogP contribution in [0.1, 0.15) is 30.9 Å². The van der Waals surface area contributed by atoms with Crippen molar-refractivity contribution in [1.29, 1.82) is 0 Å². The molecule has 1 unspecified atom stereocenters. The first-order valence-corrected chi connectivity index (χ1v) is 9.58. The van der Waals surface area contributed by atoms with E-state index in [1.54, 1.807) is 0 Å². The van der Waals surface area contributed by atoms with Crippen molar-refractivity contribution in [2.24, 2.45) is 10.9 Å². The van der Waals surface area contributed by atoms with Gasteiger partial charge in [-0.05, 0) is 29.9 Å². The Balaban J connectivity index is 0.00000243. The molecule has 0 saturated carbocycles. The van der Waals surface area contributed by atoms with E-state index in [4.69, 9.17) is 4.74 Å². The highest BCUT2D eigenvalue weighted by Crippen LogP contribution is 2.16. The molecule has 2 heterocycles. The minimum absolute atomic E-state index is 0. The zero-order valence-electron chi connectivity index (χ0n) is 16.1. The summed E-state index contributed by atoms with van der Waals surface area (Å²) in [5.74, 6) is 1.79. The van der Waals surface area contributed by atoms with Crippen molar-refractivity contribution in [3.63, 3.8) is 0 Å². The number of nitrogens with one attached hydrogen (secondary N) is 1. The van der Waals surface area contributed by atoms with Gasteiger partial charge in [0.1, 0.15) is 0 Å². The van der Waals surface area contributed by atoms with Gasteiger partial charge in [0.05, 0.1) is 13.2 Å². The average Bonchev–Trinajstić information content (AvgIpc) is 2.64. The molecule has 1 N–H and O–H groups in total. The molecule has 2 aliphatic rings. The number of benzene rings is 1. The van der Waals surface area contributed by atoms with Crippen LogP contribution in [0.15, 0.2) is 29.3 Å². The van der Waals surface area contributed by atoms with E-state index in [0.29, 0.717) is 0 Å². The van der Waals surface area contributed by atoms with E-state index in [1.165, 1.54) is 24.0 Å². The molecule has 0 aromatic heterocycles. The van der Waals surface area contributed by atoms with E-state index in [9.17, 15) is 0 Å². The highest BCUT2D eigenvalue weighted by Gasteiger charge is 2.19. The first-order chi connectivity index (χ1) is 12.3. The van der Waals surface area contributed by atoms with Crippen LogP contribution in [0.3, 0.4) is 0 Å². The zero-order chi connectivity index (χ0) is 17.5. The van der Waals surface area contributed by atoms with Crippen LogP contribution in [-0.4, -0.2) is 62.2 Å². The van der Waals surface area contributed by atoms with Gasteiger partial charge in [0, 0.05) is 46.3 Å². The summed E-state index contributed by atoms with van der Waals surface area (Å²) in [5.41, 5.74) is 2.76. The molecule has 1 aromatic carbocycles. The molecule has 0 bridgehead atoms. The molecule has 0 amide bonds. The lowest BCUT2D eigenvalue weighted by atomic mass is 10.0. The highest BCUT2D eigenvalue weighted by atomic mass is 127. The summed E-state index contributed by atoms with van der Waals surface area (Å²) in [6, 6.07) is 8.75. The molecule has 146 valence electrons. The van der Waals surface area contributed by atoms with E-state index in [-0.39, 0.29) is 24.0 Å². The van der Waals surface area contributed by atoms with Gasteiger partial charge < -0.3 is 15.0 Å². The first-order valence-electron chi connectivity index (χ1n) is 9.58. The fourth-order valence-electron chi connectivity index (χ4n) is 3.77. The van der Waals surface area contributed by atoms with E-state index in [2.05, 4.69) is 51.3 Å². The molecule has 5 nitrogen and oxygen atoms in total. The van der Waals surface area contributed by atoms with Crippen molar-refractivity contribution in [2.75, 3.05) is 46.4 Å². The van der Waals surface area contributed by atoms with E-state index in [0.717, 1.165) is 64.4 Å². The minimum Gasteiger partial charge on any atom is -0.379 e. The molecule has 6 heteroatoms. The van der Waals surface area contributed by atoms with Gasteiger partial charge >= 0.3 is 0 Å². The second kappa shape index (κ2) is 11.1. The van der Waals surface area contributed by atoms with Gasteiger partial charge in [-0.1, -0.05) is 31.2 Å². The van der Waals surface area contributed by atoms with Crippen molar-refractivity contribution in [3.05, 3.63) is 35.4 Å². The van der Waals surface area contributed by atoms with E-state index < -0.39 is 0 Å². The van der Waals surface area contributed by atoms with Gasteiger partial charge in [-0.25, -0.2) is 0 Å². The van der Waals surface area contributed by atoms with Crippen LogP contribution in [0.25, 0.3) is 0 Å². The monoisotopic (exact) mass is 472 g/mol. The number of morpholine rings is 1. The molecule has 0 radical (unpaired) electrons. The molecule has 2 fully saturated rings. The van der Waals surface area contributed by atoms with Crippen LogP contribution in [0.4, 0.5) is 0 Å². The number of rotatable bonds is 4. The molecule has 26 heavy (non-hydrogen) atoms. The largest absolute Gasteiger partial charge is 0.379 e. The first kappa shape index (κ1) is 21.4. The van der Waals surface area contributed by atoms with Crippen LogP contribution >= 0.6 is 24.0 Å². The van der Waals surface area contributed by atoms with Crippen molar-refractivity contribution < 1.29 is 4.74 Å². The summed E-state index contributed by atoms with van der Waals surface area (Å²) < 4.78 is 5.46. The van der Waals surface area contributed by atoms with E-state index >= 15 is 0 Å². The summed E-state index contributed by atoms with van der Waals surface area (Å²) in [5, 5.41) is 3.59. The van der Waals surface area contributed by atoms with Gasteiger partial charge in [0.2, 0.25) is 0 Å². The maximum absolute atomic E-state index is 5.46. The standard InChI is InChI=1S/C20H32N4O.HI/c1-17-6-5-9-24(15-17)20(21-2)22-14-18-7-3-4-8-19(18)16-23-10-12-25-13-11-23;/h3-4,7-8,17H,5-6,9-16H2,1-2H3,(H,21,22);1H. The third-order valence-electron chi connectivity index (χ3n) is 5.22. The second-order valence-corrected chi connectivity index (χ2v) is 7.25. The lowest BCUT2D eigenvalue weighted by Gasteiger charge is -2.33. The molecular weight excluding hydrogens is 439 g/mol. The molecule has 1 aromatic rings. The fraction of sp³-hybridized carbons (Fsp3) is 0.650. The molecule has 0 spiro atoms. The number of aliphatic imine (C=N–C) groups is 1. The average molecular weight is 472 g/mol. The quantitative estimate of drug-likeness (QED) is 0.416. The van der Waals surface area contributed by atoms with Crippen LogP contribution in [-0.2, 0) is 17.8 Å². The zero-order valence-corrected chi connectivity index (χ0v) is 18.4. The van der Waals surface area contributed by atoms with Crippen molar-refractivity contribution >= 4 is 29.9 Å². The number of likely N-dealkylation sites (tertiary alicyclic amines) is 1. The number of hydrogen-bond acceptors (Lipinski definition) is 3. The summed E-state index contributed by atoms with van der Waals surface area (Å²) in [6.07, 6.45) is 2.59. The van der Waals surface area contributed by atoms with Crippen LogP contribution < -0.4 is 5.32 Å². The predicted molar refractivity (Wildman–Crippen MR) is 118 cm³/mol. The number of nitrogens with zero attached hydrogens (tertiary/aromatic N) is 3. The summed E-state index contributed by atoms with van der Waals surface area (Å²) in [7, 11) is 1.89. The maximum Gasteiger partial charge on any atom is 0.193 e. The molecule has 3 rings (SSSR count). The third-order valence-corrected chi connectivity index (χ3v) is 5.22. The lowest BCUT2D eigenvalue weighted by Crippen LogP contribution is -2.46. The number of halogens is 1. The van der Waals surface area contributed by atoms with Gasteiger partial charge in [-0.3, -0.25) is 9.89 Å². The molecule has 1 atom stereocenters. The van der Waals surface area contributed by atoms with Crippen LogP contribution in [0.5, 0.6) is 0 Å². The van der Waals surface area contributed by atoms with Gasteiger partial charge in [-0.15, -0.1) is 24.0 Å². The van der Waals surface area contributed by atoms with Gasteiger partial charge in [-0.2, -0.15) is 0 Å². The topological polar surface area (TPSA) is 40.1 Å². The molecule has 2 saturated heterocycles. The summed E-state index contributed by atoms with van der Waals surface area (Å²) in [4.78, 5) is 9.39. The highest BCUT2D eigenvalue weighted by molar-refractivity contribution is 14.0. The Bertz CT molecular complexity index is 575. The second-order valence-electron chi connectivity index (χ2n) is 7.25. The molecule has 2 aliphatic heterocycles. The summed E-state index contributed by atoms with van der Waals surface area (Å²) in [6.45, 7) is 10.1. The SMILES string of the molecule is CN=C(NCc1ccccc1CN1CCOCC1)N1CCCC(C)C1.I. The van der Waals surface area contributed by atoms with Gasteiger partial charge in [0.15, 0.2) is 5.96 Å². The number of hydrogen-bond donors (Lipinski definition) is 1. The maximum atomic E-state index is 5.46. The Hall–Kier alpha value is -0.860. The number of piperidine rings is 1. The van der Waals surface area contributed by atoms with Crippen molar-refractivity contribution in [3.8, 4) is 0 Å². The predicted octanol–water partition coefficient (Wildman–Crippen LogP) is 2.94. The van der Waals surface area contributed by atoms with Crippen molar-refractivity contribution in [2.45, 2.75) is 32.9 Å². The Morgan fingerprint density at radius 2 is 1.92 bits per heavy atom. The minimum atomic E-state index is 0. The smallest absolute Gasteiger partial charge is 0.193 e. The van der Waals surface area contributed by atoms with Crippen molar-refractivity contribution in [1.82, 2.24) is 15.1 Å². The van der Waals surface area contributed by atoms with Crippen LogP contribution in [0, 0.1) is 5.92 Å². The normalized spacial score (nSPS) is 22.0. The Morgan fingerprint density at radius 1 is 1.19 bits per heavy atom. The Kier molecular flexibility index (Phi) is 9.15.